The molecule has 0 bridgehead atoms. The standard InChI is InChI=1S/C25H27FN4O3/c1-25(24(32)27-19-9-3-2-4-10-19)16-30-21(14-20(28-30)22-11-6-12-33-22)23(31)29(25)15-17-7-5-8-18(26)13-17/h5-8,11-14,19H,2-4,9-10,15-16H2,1H3,(H,27,32). The van der Waals surface area contributed by atoms with Gasteiger partial charge in [0.1, 0.15) is 22.7 Å². The summed E-state index contributed by atoms with van der Waals surface area (Å²) in [6, 6.07) is 11.4. The normalized spacial score (nSPS) is 21.2. The van der Waals surface area contributed by atoms with E-state index in [0.29, 0.717) is 22.7 Å². The van der Waals surface area contributed by atoms with E-state index in [4.69, 9.17) is 4.42 Å². The van der Waals surface area contributed by atoms with Crippen LogP contribution in [0.1, 0.15) is 55.1 Å². The maximum Gasteiger partial charge on any atom is 0.273 e. The van der Waals surface area contributed by atoms with Crippen LogP contribution in [-0.2, 0) is 17.9 Å². The zero-order valence-corrected chi connectivity index (χ0v) is 18.6. The highest BCUT2D eigenvalue weighted by Gasteiger charge is 2.48. The van der Waals surface area contributed by atoms with Crippen molar-refractivity contribution in [1.82, 2.24) is 20.0 Å². The third-order valence-electron chi connectivity index (χ3n) is 6.73. The number of nitrogens with zero attached hydrogens (tertiary/aromatic N) is 3. The van der Waals surface area contributed by atoms with Gasteiger partial charge in [0.2, 0.25) is 5.91 Å². The lowest BCUT2D eigenvalue weighted by Gasteiger charge is -2.44. The van der Waals surface area contributed by atoms with Crippen molar-refractivity contribution in [2.75, 3.05) is 0 Å². The van der Waals surface area contributed by atoms with E-state index in [-0.39, 0.29) is 36.8 Å². The number of nitrogens with one attached hydrogen (secondary N) is 1. The summed E-state index contributed by atoms with van der Waals surface area (Å²) in [5, 5.41) is 7.73. The number of hydrogen-bond donors (Lipinski definition) is 1. The molecular weight excluding hydrogens is 423 g/mol. The minimum Gasteiger partial charge on any atom is -0.463 e. The second kappa shape index (κ2) is 8.50. The number of hydrogen-bond acceptors (Lipinski definition) is 4. The molecule has 2 aromatic heterocycles. The van der Waals surface area contributed by atoms with Crippen molar-refractivity contribution in [2.24, 2.45) is 0 Å². The summed E-state index contributed by atoms with van der Waals surface area (Å²) in [7, 11) is 0. The first kappa shape index (κ1) is 21.4. The molecule has 0 saturated heterocycles. The molecular formula is C25H27FN4O3. The SMILES string of the molecule is CC1(C(=O)NC2CCCCC2)Cn2nc(-c3ccco3)cc2C(=O)N1Cc1cccc(F)c1. The van der Waals surface area contributed by atoms with Crippen molar-refractivity contribution in [3.63, 3.8) is 0 Å². The average molecular weight is 451 g/mol. The summed E-state index contributed by atoms with van der Waals surface area (Å²) >= 11 is 0. The minimum atomic E-state index is -1.18. The molecule has 0 spiro atoms. The summed E-state index contributed by atoms with van der Waals surface area (Å²) in [6.45, 7) is 2.08. The van der Waals surface area contributed by atoms with Crippen molar-refractivity contribution in [3.05, 3.63) is 65.8 Å². The second-order valence-electron chi connectivity index (χ2n) is 9.15. The van der Waals surface area contributed by atoms with Crippen LogP contribution in [0.2, 0.25) is 0 Å². The van der Waals surface area contributed by atoms with Crippen LogP contribution < -0.4 is 5.32 Å². The largest absolute Gasteiger partial charge is 0.463 e. The number of rotatable bonds is 5. The number of carbonyl (C=O) groups is 2. The first-order valence-electron chi connectivity index (χ1n) is 11.4. The van der Waals surface area contributed by atoms with E-state index in [1.54, 1.807) is 53.1 Å². The molecule has 2 aliphatic rings. The van der Waals surface area contributed by atoms with Crippen LogP contribution in [0.4, 0.5) is 4.39 Å². The fourth-order valence-corrected chi connectivity index (χ4v) is 4.84. The molecule has 3 heterocycles. The Hall–Kier alpha value is -3.42. The maximum absolute atomic E-state index is 13.9. The lowest BCUT2D eigenvalue weighted by molar-refractivity contribution is -0.134. The highest BCUT2D eigenvalue weighted by atomic mass is 19.1. The molecule has 5 rings (SSSR count). The van der Waals surface area contributed by atoms with Crippen molar-refractivity contribution in [3.8, 4) is 11.5 Å². The average Bonchev–Trinajstić information content (AvgIpc) is 3.47. The fourth-order valence-electron chi connectivity index (χ4n) is 4.84. The lowest BCUT2D eigenvalue weighted by atomic mass is 9.91. The number of furan rings is 1. The second-order valence-corrected chi connectivity index (χ2v) is 9.15. The predicted molar refractivity (Wildman–Crippen MR) is 120 cm³/mol. The van der Waals surface area contributed by atoms with Crippen molar-refractivity contribution in [2.45, 2.75) is 63.7 Å². The van der Waals surface area contributed by atoms with Gasteiger partial charge in [-0.15, -0.1) is 0 Å². The van der Waals surface area contributed by atoms with Gasteiger partial charge in [-0.2, -0.15) is 5.10 Å². The Morgan fingerprint density at radius 1 is 1.21 bits per heavy atom. The van der Waals surface area contributed by atoms with Crippen LogP contribution in [0, 0.1) is 5.82 Å². The maximum atomic E-state index is 13.9. The Morgan fingerprint density at radius 3 is 2.76 bits per heavy atom. The van der Waals surface area contributed by atoms with E-state index in [9.17, 15) is 14.0 Å². The van der Waals surface area contributed by atoms with E-state index in [0.717, 1.165) is 25.7 Å². The van der Waals surface area contributed by atoms with Crippen molar-refractivity contribution >= 4 is 11.8 Å². The van der Waals surface area contributed by atoms with Gasteiger partial charge in [-0.25, -0.2) is 4.39 Å². The Labute approximate surface area is 191 Å². The van der Waals surface area contributed by atoms with Gasteiger partial charge in [-0.1, -0.05) is 31.4 Å². The van der Waals surface area contributed by atoms with E-state index in [1.165, 1.54) is 18.6 Å². The molecule has 1 unspecified atom stereocenters. The topological polar surface area (TPSA) is 80.4 Å². The van der Waals surface area contributed by atoms with Gasteiger partial charge in [-0.3, -0.25) is 14.3 Å². The molecule has 8 heteroatoms. The summed E-state index contributed by atoms with van der Waals surface area (Å²) < 4.78 is 20.9. The molecule has 1 aliphatic heterocycles. The number of aromatic nitrogens is 2. The zero-order valence-electron chi connectivity index (χ0n) is 18.6. The van der Waals surface area contributed by atoms with E-state index < -0.39 is 5.54 Å². The third-order valence-corrected chi connectivity index (χ3v) is 6.73. The van der Waals surface area contributed by atoms with Gasteiger partial charge in [0.05, 0.1) is 12.8 Å². The fraction of sp³-hybridized carbons (Fsp3) is 0.400. The van der Waals surface area contributed by atoms with Gasteiger partial charge >= 0.3 is 0 Å². The van der Waals surface area contributed by atoms with Crippen LogP contribution in [0.3, 0.4) is 0 Å². The van der Waals surface area contributed by atoms with Gasteiger partial charge in [-0.05, 0) is 49.6 Å². The van der Waals surface area contributed by atoms with Crippen LogP contribution in [0.15, 0.2) is 53.1 Å². The minimum absolute atomic E-state index is 0.104. The summed E-state index contributed by atoms with van der Waals surface area (Å²) in [5.74, 6) is -0.359. The predicted octanol–water partition coefficient (Wildman–Crippen LogP) is 4.15. The monoisotopic (exact) mass is 450 g/mol. The first-order chi connectivity index (χ1) is 15.9. The summed E-state index contributed by atoms with van der Waals surface area (Å²) in [5.41, 5.74) is 0.353. The molecule has 1 N–H and O–H groups in total. The number of benzene rings is 1. The number of carbonyl (C=O) groups excluding carboxylic acids is 2. The molecule has 2 amide bonds. The third kappa shape index (κ3) is 4.05. The van der Waals surface area contributed by atoms with Crippen LogP contribution >= 0.6 is 0 Å². The molecule has 172 valence electrons. The Kier molecular flexibility index (Phi) is 5.52. The molecule has 1 aromatic carbocycles. The molecule has 7 nitrogen and oxygen atoms in total. The molecule has 1 saturated carbocycles. The molecule has 3 aromatic rings. The zero-order chi connectivity index (χ0) is 23.0. The van der Waals surface area contributed by atoms with Crippen LogP contribution in [0.25, 0.3) is 11.5 Å². The van der Waals surface area contributed by atoms with E-state index in [2.05, 4.69) is 10.4 Å². The number of halogens is 1. The number of amides is 2. The molecule has 1 fully saturated rings. The molecule has 1 atom stereocenters. The van der Waals surface area contributed by atoms with Gasteiger partial charge < -0.3 is 14.6 Å². The Balaban J connectivity index is 1.51. The highest BCUT2D eigenvalue weighted by molar-refractivity contribution is 6.00. The lowest BCUT2D eigenvalue weighted by Crippen LogP contribution is -2.64. The molecule has 1 aliphatic carbocycles. The summed E-state index contributed by atoms with van der Waals surface area (Å²) in [6.07, 6.45) is 6.78. The van der Waals surface area contributed by atoms with Crippen LogP contribution in [0.5, 0.6) is 0 Å². The quantitative estimate of drug-likeness (QED) is 0.633. The van der Waals surface area contributed by atoms with E-state index in [1.807, 2.05) is 0 Å². The van der Waals surface area contributed by atoms with Crippen LogP contribution in [-0.4, -0.2) is 38.1 Å². The smallest absolute Gasteiger partial charge is 0.273 e. The van der Waals surface area contributed by atoms with Gasteiger partial charge in [0.15, 0.2) is 5.76 Å². The van der Waals surface area contributed by atoms with Crippen molar-refractivity contribution in [1.29, 1.82) is 0 Å². The summed E-state index contributed by atoms with van der Waals surface area (Å²) in [4.78, 5) is 28.8. The Bertz CT molecular complexity index is 1170. The molecule has 33 heavy (non-hydrogen) atoms. The Morgan fingerprint density at radius 2 is 2.03 bits per heavy atom. The van der Waals surface area contributed by atoms with Gasteiger partial charge in [0, 0.05) is 18.7 Å². The highest BCUT2D eigenvalue weighted by Crippen LogP contribution is 2.32. The number of fused-ring (bicyclic) bond motifs is 1. The first-order valence-corrected chi connectivity index (χ1v) is 11.4. The van der Waals surface area contributed by atoms with Crippen molar-refractivity contribution < 1.29 is 18.4 Å². The van der Waals surface area contributed by atoms with Gasteiger partial charge in [0.25, 0.3) is 5.91 Å². The van der Waals surface area contributed by atoms with E-state index >= 15 is 0 Å². The molecule has 0 radical (unpaired) electrons.